The molecule has 0 aliphatic carbocycles. The Morgan fingerprint density at radius 1 is 1.10 bits per heavy atom. The van der Waals surface area contributed by atoms with Crippen molar-refractivity contribution in [3.8, 4) is 0 Å². The largest absolute Gasteiger partial charge is 0.341 e. The van der Waals surface area contributed by atoms with Gasteiger partial charge in [-0.1, -0.05) is 19.1 Å². The van der Waals surface area contributed by atoms with E-state index in [1.807, 2.05) is 24.8 Å². The van der Waals surface area contributed by atoms with Crippen LogP contribution in [-0.2, 0) is 4.79 Å². The normalized spacial score (nSPS) is 21.0. The maximum absolute atomic E-state index is 14.0. The van der Waals surface area contributed by atoms with Crippen LogP contribution in [0.15, 0.2) is 36.5 Å². The first-order chi connectivity index (χ1) is 14.4. The van der Waals surface area contributed by atoms with Gasteiger partial charge in [-0.2, -0.15) is 0 Å². The van der Waals surface area contributed by atoms with E-state index >= 15 is 0 Å². The zero-order valence-corrected chi connectivity index (χ0v) is 17.5. The van der Waals surface area contributed by atoms with Crippen LogP contribution in [0.5, 0.6) is 0 Å². The summed E-state index contributed by atoms with van der Waals surface area (Å²) in [6.07, 6.45) is 3.79. The van der Waals surface area contributed by atoms with E-state index in [0.29, 0.717) is 39.0 Å². The average Bonchev–Trinajstić information content (AvgIpc) is 3.24. The highest BCUT2D eigenvalue weighted by atomic mass is 19.1. The third-order valence-corrected chi connectivity index (χ3v) is 6.43. The first-order valence-electron chi connectivity index (χ1n) is 10.5. The molecule has 1 aromatic heterocycles. The van der Waals surface area contributed by atoms with Gasteiger partial charge in [0, 0.05) is 49.4 Å². The number of benzene rings is 1. The van der Waals surface area contributed by atoms with E-state index in [1.165, 1.54) is 12.1 Å². The molecule has 0 spiro atoms. The summed E-state index contributed by atoms with van der Waals surface area (Å²) in [5, 5.41) is 0. The SMILES string of the molecule is Cc1ccnc([C@H]2CCN(C(=O)C3(C)CCN(C(=O)c4ccccc4F)CC3)C2)n1. The lowest BCUT2D eigenvalue weighted by Gasteiger charge is -2.40. The van der Waals surface area contributed by atoms with Gasteiger partial charge in [-0.15, -0.1) is 0 Å². The van der Waals surface area contributed by atoms with Crippen LogP contribution < -0.4 is 0 Å². The zero-order chi connectivity index (χ0) is 21.3. The molecule has 1 atom stereocenters. The summed E-state index contributed by atoms with van der Waals surface area (Å²) in [6.45, 7) is 6.17. The summed E-state index contributed by atoms with van der Waals surface area (Å²) in [5.41, 5.74) is 0.519. The van der Waals surface area contributed by atoms with Crippen molar-refractivity contribution in [2.75, 3.05) is 26.2 Å². The number of rotatable bonds is 3. The average molecular weight is 410 g/mol. The Hall–Kier alpha value is -2.83. The van der Waals surface area contributed by atoms with Crippen molar-refractivity contribution in [2.24, 2.45) is 5.41 Å². The molecule has 3 heterocycles. The fourth-order valence-corrected chi connectivity index (χ4v) is 4.42. The van der Waals surface area contributed by atoms with E-state index in [0.717, 1.165) is 17.9 Å². The third-order valence-electron chi connectivity index (χ3n) is 6.43. The molecule has 30 heavy (non-hydrogen) atoms. The smallest absolute Gasteiger partial charge is 0.256 e. The molecule has 0 saturated carbocycles. The molecule has 2 amide bonds. The first kappa shape index (κ1) is 20.4. The van der Waals surface area contributed by atoms with Gasteiger partial charge >= 0.3 is 0 Å². The van der Waals surface area contributed by atoms with E-state index in [2.05, 4.69) is 9.97 Å². The van der Waals surface area contributed by atoms with Gasteiger partial charge in [-0.25, -0.2) is 14.4 Å². The number of aromatic nitrogens is 2. The van der Waals surface area contributed by atoms with Crippen LogP contribution >= 0.6 is 0 Å². The van der Waals surface area contributed by atoms with Crippen molar-refractivity contribution in [2.45, 2.75) is 39.0 Å². The number of aryl methyl sites for hydroxylation is 1. The van der Waals surface area contributed by atoms with Crippen LogP contribution in [-0.4, -0.2) is 57.8 Å². The highest BCUT2D eigenvalue weighted by Gasteiger charge is 2.43. The van der Waals surface area contributed by atoms with Crippen LogP contribution in [0.25, 0.3) is 0 Å². The molecular formula is C23H27FN4O2. The Balaban J connectivity index is 1.38. The van der Waals surface area contributed by atoms with Gasteiger partial charge in [0.15, 0.2) is 0 Å². The lowest BCUT2D eigenvalue weighted by molar-refractivity contribution is -0.142. The highest BCUT2D eigenvalue weighted by molar-refractivity contribution is 5.94. The molecule has 2 aliphatic rings. The Morgan fingerprint density at radius 3 is 2.53 bits per heavy atom. The molecule has 158 valence electrons. The van der Waals surface area contributed by atoms with Crippen molar-refractivity contribution in [3.63, 3.8) is 0 Å². The molecule has 7 heteroatoms. The summed E-state index contributed by atoms with van der Waals surface area (Å²) in [6, 6.07) is 7.92. The molecule has 2 saturated heterocycles. The van der Waals surface area contributed by atoms with Crippen LogP contribution in [0.4, 0.5) is 4.39 Å². The van der Waals surface area contributed by atoms with Gasteiger partial charge in [0.25, 0.3) is 5.91 Å². The van der Waals surface area contributed by atoms with Gasteiger partial charge in [-0.3, -0.25) is 9.59 Å². The Bertz CT molecular complexity index is 956. The van der Waals surface area contributed by atoms with Gasteiger partial charge in [0.1, 0.15) is 11.6 Å². The third kappa shape index (κ3) is 3.93. The second-order valence-electron chi connectivity index (χ2n) is 8.63. The fraction of sp³-hybridized carbons (Fsp3) is 0.478. The highest BCUT2D eigenvalue weighted by Crippen LogP contribution is 2.36. The molecule has 6 nitrogen and oxygen atoms in total. The molecule has 0 radical (unpaired) electrons. The summed E-state index contributed by atoms with van der Waals surface area (Å²) in [5.74, 6) is 0.297. The number of likely N-dealkylation sites (tertiary alicyclic amines) is 2. The number of halogens is 1. The van der Waals surface area contributed by atoms with E-state index in [1.54, 1.807) is 23.2 Å². The van der Waals surface area contributed by atoms with Gasteiger partial charge in [0.2, 0.25) is 5.91 Å². The molecule has 0 N–H and O–H groups in total. The first-order valence-corrected chi connectivity index (χ1v) is 10.5. The van der Waals surface area contributed by atoms with Crippen molar-refractivity contribution >= 4 is 11.8 Å². The minimum atomic E-state index is -0.506. The summed E-state index contributed by atoms with van der Waals surface area (Å²) >= 11 is 0. The molecule has 0 unspecified atom stereocenters. The molecule has 2 fully saturated rings. The molecule has 1 aromatic carbocycles. The number of carbonyl (C=O) groups is 2. The van der Waals surface area contributed by atoms with Crippen LogP contribution in [0.2, 0.25) is 0 Å². The molecule has 0 bridgehead atoms. The second-order valence-corrected chi connectivity index (χ2v) is 8.63. The lowest BCUT2D eigenvalue weighted by Crippen LogP contribution is -2.49. The predicted molar refractivity (Wildman–Crippen MR) is 110 cm³/mol. The number of hydrogen-bond acceptors (Lipinski definition) is 4. The Morgan fingerprint density at radius 2 is 1.83 bits per heavy atom. The van der Waals surface area contributed by atoms with Gasteiger partial charge in [0.05, 0.1) is 5.56 Å². The molecule has 2 aliphatic heterocycles. The number of piperidine rings is 1. The minimum Gasteiger partial charge on any atom is -0.341 e. The number of carbonyl (C=O) groups excluding carboxylic acids is 2. The van der Waals surface area contributed by atoms with Crippen LogP contribution in [0.1, 0.15) is 54.0 Å². The monoisotopic (exact) mass is 410 g/mol. The summed E-state index contributed by atoms with van der Waals surface area (Å²) in [7, 11) is 0. The zero-order valence-electron chi connectivity index (χ0n) is 17.5. The quantitative estimate of drug-likeness (QED) is 0.780. The molecule has 4 rings (SSSR count). The topological polar surface area (TPSA) is 66.4 Å². The van der Waals surface area contributed by atoms with Crippen LogP contribution in [0.3, 0.4) is 0 Å². The maximum atomic E-state index is 14.0. The standard InChI is InChI=1S/C23H27FN4O2/c1-16-7-11-25-20(26-16)17-8-12-28(15-17)22(30)23(2)9-13-27(14-10-23)21(29)18-5-3-4-6-19(18)24/h3-7,11,17H,8-10,12-15H2,1-2H3/t17-/m0/s1. The fourth-order valence-electron chi connectivity index (χ4n) is 4.42. The van der Waals surface area contributed by atoms with E-state index in [-0.39, 0.29) is 23.3 Å². The van der Waals surface area contributed by atoms with E-state index in [4.69, 9.17) is 0 Å². The minimum absolute atomic E-state index is 0.0907. The Labute approximate surface area is 176 Å². The number of amides is 2. The van der Waals surface area contributed by atoms with Crippen molar-refractivity contribution < 1.29 is 14.0 Å². The number of hydrogen-bond donors (Lipinski definition) is 0. The second kappa shape index (κ2) is 8.13. The predicted octanol–water partition coefficient (Wildman–Crippen LogP) is 3.18. The number of nitrogens with zero attached hydrogens (tertiary/aromatic N) is 4. The van der Waals surface area contributed by atoms with Crippen molar-refractivity contribution in [3.05, 3.63) is 59.4 Å². The van der Waals surface area contributed by atoms with Gasteiger partial charge < -0.3 is 9.80 Å². The maximum Gasteiger partial charge on any atom is 0.256 e. The van der Waals surface area contributed by atoms with Crippen molar-refractivity contribution in [1.82, 2.24) is 19.8 Å². The summed E-state index contributed by atoms with van der Waals surface area (Å²) in [4.78, 5) is 38.4. The Kier molecular flexibility index (Phi) is 5.54. The summed E-state index contributed by atoms with van der Waals surface area (Å²) < 4.78 is 14.0. The van der Waals surface area contributed by atoms with E-state index in [9.17, 15) is 14.0 Å². The van der Waals surface area contributed by atoms with Gasteiger partial charge in [-0.05, 0) is 44.4 Å². The lowest BCUT2D eigenvalue weighted by atomic mass is 9.79. The van der Waals surface area contributed by atoms with Crippen LogP contribution in [0, 0.1) is 18.2 Å². The van der Waals surface area contributed by atoms with Crippen molar-refractivity contribution in [1.29, 1.82) is 0 Å². The molecular weight excluding hydrogens is 383 g/mol. The van der Waals surface area contributed by atoms with E-state index < -0.39 is 11.2 Å². The molecule has 2 aromatic rings.